The number of hydrogen-bond acceptors (Lipinski definition) is 3. The van der Waals surface area contributed by atoms with E-state index in [-0.39, 0.29) is 0 Å². The Morgan fingerprint density at radius 1 is 0.972 bits per heavy atom. The van der Waals surface area contributed by atoms with E-state index in [1.54, 1.807) is 12.1 Å². The first-order chi connectivity index (χ1) is 17.5. The molecule has 4 nitrogen and oxygen atoms in total. The molecule has 3 aromatic carbocycles. The van der Waals surface area contributed by atoms with Crippen molar-refractivity contribution in [3.8, 4) is 5.75 Å². The lowest BCUT2D eigenvalue weighted by Gasteiger charge is -2.20. The number of ether oxygens (including phenoxy) is 1. The molecule has 186 valence electrons. The number of nitrogens with one attached hydrogen (secondary N) is 1. The number of para-hydroxylation sites is 1. The molecule has 0 radical (unpaired) electrons. The van der Waals surface area contributed by atoms with E-state index in [1.807, 2.05) is 42.5 Å². The molecule has 0 bridgehead atoms. The molecule has 1 aliphatic carbocycles. The van der Waals surface area contributed by atoms with Crippen LogP contribution in [0.25, 0.3) is 5.57 Å². The van der Waals surface area contributed by atoms with E-state index in [2.05, 4.69) is 28.4 Å². The van der Waals surface area contributed by atoms with E-state index in [4.69, 9.17) is 27.9 Å². The highest BCUT2D eigenvalue weighted by Crippen LogP contribution is 2.35. The fourth-order valence-electron chi connectivity index (χ4n) is 5.20. The molecule has 1 N–H and O–H groups in total. The first-order valence-electron chi connectivity index (χ1n) is 12.6. The van der Waals surface area contributed by atoms with Gasteiger partial charge < -0.3 is 4.74 Å². The van der Waals surface area contributed by atoms with Gasteiger partial charge in [-0.15, -0.1) is 0 Å². The number of benzene rings is 3. The van der Waals surface area contributed by atoms with Gasteiger partial charge in [0.15, 0.2) is 0 Å². The van der Waals surface area contributed by atoms with Crippen molar-refractivity contribution in [1.29, 1.82) is 0 Å². The number of anilines is 1. The van der Waals surface area contributed by atoms with Crippen molar-refractivity contribution in [3.63, 3.8) is 0 Å². The normalized spacial score (nSPS) is 17.7. The quantitative estimate of drug-likeness (QED) is 0.359. The van der Waals surface area contributed by atoms with Crippen molar-refractivity contribution in [2.75, 3.05) is 25.0 Å². The second kappa shape index (κ2) is 11.5. The molecule has 2 aliphatic rings. The van der Waals surface area contributed by atoms with E-state index < -0.39 is 6.09 Å². The van der Waals surface area contributed by atoms with E-state index in [0.29, 0.717) is 11.7 Å². The topological polar surface area (TPSA) is 41.6 Å². The minimum atomic E-state index is -0.492. The predicted octanol–water partition coefficient (Wildman–Crippen LogP) is 7.89. The van der Waals surface area contributed by atoms with Crippen molar-refractivity contribution in [2.24, 2.45) is 5.92 Å². The van der Waals surface area contributed by atoms with Gasteiger partial charge in [-0.3, -0.25) is 10.2 Å². The molecule has 1 aliphatic heterocycles. The van der Waals surface area contributed by atoms with Gasteiger partial charge in [0.25, 0.3) is 0 Å². The predicted molar refractivity (Wildman–Crippen MR) is 148 cm³/mol. The average Bonchev–Trinajstić information content (AvgIpc) is 3.32. The lowest BCUT2D eigenvalue weighted by Crippen LogP contribution is -2.22. The zero-order valence-corrected chi connectivity index (χ0v) is 21.7. The Balaban J connectivity index is 1.37. The van der Waals surface area contributed by atoms with Gasteiger partial charge in [0, 0.05) is 22.3 Å². The van der Waals surface area contributed by atoms with E-state index >= 15 is 0 Å². The summed E-state index contributed by atoms with van der Waals surface area (Å²) in [5.74, 6) is 0.841. The Morgan fingerprint density at radius 2 is 1.72 bits per heavy atom. The maximum atomic E-state index is 12.5. The number of aryl methyl sites for hydroxylation is 1. The Kier molecular flexibility index (Phi) is 7.96. The standard InChI is InChI=1S/C30H30Cl2N2O2/c31-28-9-6-10-29(32)27(28)18-21-11-12-22-19-24(33-30(35)36-25-7-2-1-3-8-25)13-14-26(22)23(17-21)20-34-15-4-5-16-34/h1-3,6-10,13-14,17,19,21H,4-5,11-12,15-16,18,20H2,(H,33,35). The second-order valence-electron chi connectivity index (χ2n) is 9.58. The van der Waals surface area contributed by atoms with E-state index in [9.17, 15) is 4.79 Å². The largest absolute Gasteiger partial charge is 0.417 e. The third kappa shape index (κ3) is 6.12. The van der Waals surface area contributed by atoms with Crippen LogP contribution in [0.5, 0.6) is 5.75 Å². The van der Waals surface area contributed by atoms with Crippen molar-refractivity contribution in [3.05, 3.63) is 99.5 Å². The van der Waals surface area contributed by atoms with Gasteiger partial charge in [-0.2, -0.15) is 0 Å². The van der Waals surface area contributed by atoms with Crippen LogP contribution < -0.4 is 10.1 Å². The molecule has 1 heterocycles. The Bertz CT molecular complexity index is 1230. The number of halogens is 2. The van der Waals surface area contributed by atoms with Gasteiger partial charge in [0.2, 0.25) is 0 Å². The summed E-state index contributed by atoms with van der Waals surface area (Å²) in [6, 6.07) is 21.0. The third-order valence-corrected chi connectivity index (χ3v) is 7.70. The van der Waals surface area contributed by atoms with Gasteiger partial charge in [0.05, 0.1) is 0 Å². The molecule has 3 aromatic rings. The highest BCUT2D eigenvalue weighted by molar-refractivity contribution is 6.36. The van der Waals surface area contributed by atoms with Gasteiger partial charge in [0.1, 0.15) is 5.75 Å². The molecule has 6 heteroatoms. The molecule has 1 fully saturated rings. The number of hydrogen-bond donors (Lipinski definition) is 1. The number of rotatable bonds is 6. The molecular formula is C30H30Cl2N2O2. The number of carbonyl (C=O) groups is 1. The van der Waals surface area contributed by atoms with Crippen LogP contribution in [0, 0.1) is 5.92 Å². The van der Waals surface area contributed by atoms with Gasteiger partial charge in [-0.1, -0.05) is 59.6 Å². The maximum absolute atomic E-state index is 12.5. The zero-order chi connectivity index (χ0) is 24.9. The van der Waals surface area contributed by atoms with Crippen molar-refractivity contribution in [2.45, 2.75) is 32.1 Å². The minimum absolute atomic E-state index is 0.326. The molecule has 0 saturated carbocycles. The summed E-state index contributed by atoms with van der Waals surface area (Å²) in [6.45, 7) is 3.21. The summed E-state index contributed by atoms with van der Waals surface area (Å²) >= 11 is 13.0. The van der Waals surface area contributed by atoms with Crippen LogP contribution in [-0.4, -0.2) is 30.6 Å². The summed E-state index contributed by atoms with van der Waals surface area (Å²) < 4.78 is 5.41. The third-order valence-electron chi connectivity index (χ3n) is 6.99. The number of carbonyl (C=O) groups excluding carboxylic acids is 1. The van der Waals surface area contributed by atoms with Crippen LogP contribution in [-0.2, 0) is 12.8 Å². The van der Waals surface area contributed by atoms with Gasteiger partial charge >= 0.3 is 6.09 Å². The number of fused-ring (bicyclic) bond motifs is 1. The Hall–Kier alpha value is -2.79. The molecular weight excluding hydrogens is 491 g/mol. The lowest BCUT2D eigenvalue weighted by atomic mass is 9.93. The summed E-state index contributed by atoms with van der Waals surface area (Å²) in [6.07, 6.45) is 7.15. The molecule has 0 aromatic heterocycles. The molecule has 36 heavy (non-hydrogen) atoms. The van der Waals surface area contributed by atoms with Crippen LogP contribution in [0.1, 0.15) is 36.0 Å². The average molecular weight is 521 g/mol. The van der Waals surface area contributed by atoms with Crippen LogP contribution in [0.2, 0.25) is 10.0 Å². The number of nitrogens with zero attached hydrogens (tertiary/aromatic N) is 1. The lowest BCUT2D eigenvalue weighted by molar-refractivity contribution is 0.215. The first kappa shape index (κ1) is 24.9. The Labute approximate surface area is 222 Å². The summed E-state index contributed by atoms with van der Waals surface area (Å²) in [5.41, 5.74) is 5.60. The Morgan fingerprint density at radius 3 is 2.47 bits per heavy atom. The molecule has 1 unspecified atom stereocenters. The van der Waals surface area contributed by atoms with Crippen LogP contribution in [0.3, 0.4) is 0 Å². The van der Waals surface area contributed by atoms with Crippen LogP contribution in [0.4, 0.5) is 10.5 Å². The molecule has 1 atom stereocenters. The van der Waals surface area contributed by atoms with Gasteiger partial charge in [-0.25, -0.2) is 4.79 Å². The fourth-order valence-corrected chi connectivity index (χ4v) is 5.75. The second-order valence-corrected chi connectivity index (χ2v) is 10.4. The molecule has 5 rings (SSSR count). The van der Waals surface area contributed by atoms with E-state index in [1.165, 1.54) is 29.5 Å². The SMILES string of the molecule is O=C(Nc1ccc2c(c1)CCC(Cc1c(Cl)cccc1Cl)C=C2CN1CCCC1)Oc1ccccc1. The number of likely N-dealkylation sites (tertiary alicyclic amines) is 1. The maximum Gasteiger partial charge on any atom is 0.417 e. The number of allylic oxidation sites excluding steroid dienone is 1. The monoisotopic (exact) mass is 520 g/mol. The van der Waals surface area contributed by atoms with Crippen molar-refractivity contribution < 1.29 is 9.53 Å². The van der Waals surface area contributed by atoms with Crippen LogP contribution in [0.15, 0.2) is 72.8 Å². The molecule has 1 amide bonds. The highest BCUT2D eigenvalue weighted by atomic mass is 35.5. The number of amides is 1. The van der Waals surface area contributed by atoms with Crippen LogP contribution >= 0.6 is 23.2 Å². The van der Waals surface area contributed by atoms with Crippen molar-refractivity contribution in [1.82, 2.24) is 4.90 Å². The summed E-state index contributed by atoms with van der Waals surface area (Å²) in [4.78, 5) is 15.0. The molecule has 0 spiro atoms. The summed E-state index contributed by atoms with van der Waals surface area (Å²) in [7, 11) is 0. The first-order valence-corrected chi connectivity index (χ1v) is 13.3. The van der Waals surface area contributed by atoms with Crippen molar-refractivity contribution >= 4 is 40.6 Å². The smallest absolute Gasteiger partial charge is 0.410 e. The fraction of sp³-hybridized carbons (Fsp3) is 0.300. The zero-order valence-electron chi connectivity index (χ0n) is 20.2. The highest BCUT2D eigenvalue weighted by Gasteiger charge is 2.23. The minimum Gasteiger partial charge on any atom is -0.410 e. The van der Waals surface area contributed by atoms with E-state index in [0.717, 1.165) is 60.2 Å². The summed E-state index contributed by atoms with van der Waals surface area (Å²) in [5, 5.41) is 4.34. The van der Waals surface area contributed by atoms with Gasteiger partial charge in [-0.05, 0) is 110 Å². The molecule has 1 saturated heterocycles.